The predicted molar refractivity (Wildman–Crippen MR) is 92.7 cm³/mol. The van der Waals surface area contributed by atoms with Crippen LogP contribution in [0, 0.1) is 5.92 Å². The van der Waals surface area contributed by atoms with Crippen LogP contribution in [0.4, 0.5) is 17.6 Å². The number of nitrogens with two attached hydrogens (primary N) is 2. The summed E-state index contributed by atoms with van der Waals surface area (Å²) in [4.78, 5) is 22.5. The van der Waals surface area contributed by atoms with Gasteiger partial charge in [-0.3, -0.25) is 9.59 Å². The molecule has 0 aliphatic heterocycles. The molecule has 3 unspecified atom stereocenters. The molecule has 0 aliphatic rings. The quantitative estimate of drug-likeness (QED) is 0.488. The van der Waals surface area contributed by atoms with Gasteiger partial charge in [-0.15, -0.1) is 13.2 Å². The fraction of sp³-hybridized carbons (Fsp3) is 0.556. The van der Waals surface area contributed by atoms with Crippen molar-refractivity contribution in [3.63, 3.8) is 0 Å². The van der Waals surface area contributed by atoms with Gasteiger partial charge >= 0.3 is 6.36 Å². The zero-order chi connectivity index (χ0) is 21.5. The number of rotatable bonds is 11. The van der Waals surface area contributed by atoms with Crippen LogP contribution < -0.4 is 16.2 Å². The minimum Gasteiger partial charge on any atom is -0.406 e. The van der Waals surface area contributed by atoms with Crippen molar-refractivity contribution in [2.24, 2.45) is 17.4 Å². The van der Waals surface area contributed by atoms with Gasteiger partial charge in [0.25, 0.3) is 5.91 Å². The Hall–Kier alpha value is -2.36. The van der Waals surface area contributed by atoms with Crippen LogP contribution in [0.15, 0.2) is 24.3 Å². The van der Waals surface area contributed by atoms with Gasteiger partial charge in [0.2, 0.25) is 5.91 Å². The number of aliphatic hydroxyl groups excluding tert-OH is 1. The molecule has 1 rings (SSSR count). The zero-order valence-electron chi connectivity index (χ0n) is 15.3. The number of primary amides is 2. The molecule has 0 heterocycles. The van der Waals surface area contributed by atoms with Gasteiger partial charge in [0.05, 0.1) is 6.10 Å². The Balaban J connectivity index is 2.59. The third-order valence-electron chi connectivity index (χ3n) is 4.33. The largest absolute Gasteiger partial charge is 0.573 e. The van der Waals surface area contributed by atoms with E-state index in [9.17, 15) is 32.3 Å². The highest BCUT2D eigenvalue weighted by Gasteiger charge is 2.33. The predicted octanol–water partition coefficient (Wildman–Crippen LogP) is 2.36. The van der Waals surface area contributed by atoms with Crippen LogP contribution in [0.1, 0.15) is 38.2 Å². The van der Waals surface area contributed by atoms with Crippen molar-refractivity contribution < 1.29 is 37.0 Å². The second-order valence-electron chi connectivity index (χ2n) is 6.82. The van der Waals surface area contributed by atoms with Gasteiger partial charge in [-0.05, 0) is 56.7 Å². The Labute approximate surface area is 159 Å². The summed E-state index contributed by atoms with van der Waals surface area (Å²) in [6.07, 6.45) is -5.89. The van der Waals surface area contributed by atoms with E-state index in [2.05, 4.69) is 4.74 Å². The fourth-order valence-corrected chi connectivity index (χ4v) is 2.62. The molecule has 0 spiro atoms. The summed E-state index contributed by atoms with van der Waals surface area (Å²) in [6.45, 7) is 1.000. The number of halogens is 4. The van der Waals surface area contributed by atoms with Gasteiger partial charge in [-0.25, -0.2) is 4.39 Å². The van der Waals surface area contributed by atoms with E-state index < -0.39 is 35.9 Å². The van der Waals surface area contributed by atoms with Crippen LogP contribution in [-0.4, -0.2) is 35.1 Å². The lowest BCUT2D eigenvalue weighted by Gasteiger charge is -2.21. The summed E-state index contributed by atoms with van der Waals surface area (Å²) in [5.41, 5.74) is 8.41. The van der Waals surface area contributed by atoms with Crippen molar-refractivity contribution in [2.75, 3.05) is 0 Å². The minimum atomic E-state index is -4.80. The summed E-state index contributed by atoms with van der Waals surface area (Å²) < 4.78 is 54.5. The van der Waals surface area contributed by atoms with E-state index in [1.807, 2.05) is 0 Å². The van der Waals surface area contributed by atoms with Crippen molar-refractivity contribution in [3.8, 4) is 5.75 Å². The molecule has 3 atom stereocenters. The second-order valence-corrected chi connectivity index (χ2v) is 6.82. The van der Waals surface area contributed by atoms with Crippen LogP contribution in [0.3, 0.4) is 0 Å². The number of benzene rings is 1. The molecule has 0 aliphatic carbocycles. The van der Waals surface area contributed by atoms with Crippen molar-refractivity contribution >= 4 is 11.8 Å². The first-order valence-corrected chi connectivity index (χ1v) is 8.61. The normalized spacial score (nSPS) is 16.1. The molecule has 10 heteroatoms. The number of carbonyl (C=O) groups is 2. The van der Waals surface area contributed by atoms with Crippen molar-refractivity contribution in [1.82, 2.24) is 0 Å². The first-order valence-electron chi connectivity index (χ1n) is 8.61. The van der Waals surface area contributed by atoms with E-state index in [0.717, 1.165) is 13.0 Å². The molecule has 1 aromatic carbocycles. The highest BCUT2D eigenvalue weighted by atomic mass is 19.4. The van der Waals surface area contributed by atoms with Crippen LogP contribution in [0.2, 0.25) is 0 Å². The summed E-state index contributed by atoms with van der Waals surface area (Å²) in [6, 6.07) is 5.32. The lowest BCUT2D eigenvalue weighted by atomic mass is 9.89. The van der Waals surface area contributed by atoms with Gasteiger partial charge in [0, 0.05) is 5.92 Å². The molecule has 5 N–H and O–H groups in total. The van der Waals surface area contributed by atoms with Crippen LogP contribution in [0.25, 0.3) is 0 Å². The van der Waals surface area contributed by atoms with Gasteiger partial charge in [0.1, 0.15) is 5.75 Å². The number of ether oxygens (including phenoxy) is 1. The van der Waals surface area contributed by atoms with Gasteiger partial charge in [-0.1, -0.05) is 12.1 Å². The maximum atomic E-state index is 13.9. The SMILES string of the molecule is CC(F)(CCC(CC(O)CCc1cccc(OC(F)(F)F)c1)C(N)=O)C(N)=O. The van der Waals surface area contributed by atoms with E-state index >= 15 is 0 Å². The number of hydrogen-bond acceptors (Lipinski definition) is 4. The van der Waals surface area contributed by atoms with Crippen molar-refractivity contribution in [3.05, 3.63) is 29.8 Å². The van der Waals surface area contributed by atoms with Gasteiger partial charge in [0.15, 0.2) is 5.67 Å². The number of aliphatic hydroxyl groups is 1. The Morgan fingerprint density at radius 2 is 1.82 bits per heavy atom. The molecular weight excluding hydrogens is 384 g/mol. The topological polar surface area (TPSA) is 116 Å². The number of hydrogen-bond donors (Lipinski definition) is 3. The van der Waals surface area contributed by atoms with E-state index in [0.29, 0.717) is 5.56 Å². The molecule has 1 aromatic rings. The first-order chi connectivity index (χ1) is 12.8. The lowest BCUT2D eigenvalue weighted by molar-refractivity contribution is -0.274. The summed E-state index contributed by atoms with van der Waals surface area (Å²) in [5.74, 6) is -3.15. The smallest absolute Gasteiger partial charge is 0.406 e. The summed E-state index contributed by atoms with van der Waals surface area (Å²) >= 11 is 0. The second kappa shape index (κ2) is 9.72. The molecule has 0 saturated heterocycles. The minimum absolute atomic E-state index is 0.0666. The maximum Gasteiger partial charge on any atom is 0.573 e. The highest BCUT2D eigenvalue weighted by molar-refractivity contribution is 5.83. The highest BCUT2D eigenvalue weighted by Crippen LogP contribution is 2.26. The van der Waals surface area contributed by atoms with E-state index in [4.69, 9.17) is 11.5 Å². The molecule has 0 saturated carbocycles. The standard InChI is InChI=1S/C18H24F4N2O4/c1-17(19,16(24)27)8-7-12(15(23)26)10-13(25)6-5-11-3-2-4-14(9-11)28-18(20,21)22/h2-4,9,12-13,25H,5-8,10H2,1H3,(H2,23,26)(H2,24,27). The Kier molecular flexibility index (Phi) is 8.22. The number of aryl methyl sites for hydroxylation is 1. The average Bonchev–Trinajstić information content (AvgIpc) is 2.55. The summed E-state index contributed by atoms with van der Waals surface area (Å²) in [5, 5.41) is 10.1. The summed E-state index contributed by atoms with van der Waals surface area (Å²) in [7, 11) is 0. The molecule has 0 bridgehead atoms. The Bertz CT molecular complexity index is 680. The van der Waals surface area contributed by atoms with E-state index in [1.165, 1.54) is 12.1 Å². The Morgan fingerprint density at radius 3 is 2.36 bits per heavy atom. The van der Waals surface area contributed by atoms with Crippen molar-refractivity contribution in [2.45, 2.75) is 57.2 Å². The third kappa shape index (κ3) is 8.55. The molecule has 28 heavy (non-hydrogen) atoms. The lowest BCUT2D eigenvalue weighted by Crippen LogP contribution is -2.38. The molecule has 0 fully saturated rings. The zero-order valence-corrected chi connectivity index (χ0v) is 15.3. The molecule has 158 valence electrons. The van der Waals surface area contributed by atoms with Gasteiger partial charge < -0.3 is 21.3 Å². The number of alkyl halides is 4. The molecule has 2 amide bonds. The fourth-order valence-electron chi connectivity index (χ4n) is 2.62. The Morgan fingerprint density at radius 1 is 1.18 bits per heavy atom. The third-order valence-corrected chi connectivity index (χ3v) is 4.33. The van der Waals surface area contributed by atoms with Crippen LogP contribution in [0.5, 0.6) is 5.75 Å². The van der Waals surface area contributed by atoms with E-state index in [1.54, 1.807) is 6.07 Å². The molecular formula is C18H24F4N2O4. The molecule has 0 aromatic heterocycles. The molecule has 0 radical (unpaired) electrons. The van der Waals surface area contributed by atoms with Gasteiger partial charge in [-0.2, -0.15) is 0 Å². The van der Waals surface area contributed by atoms with E-state index in [-0.39, 0.29) is 37.9 Å². The first kappa shape index (κ1) is 23.7. The van der Waals surface area contributed by atoms with Crippen molar-refractivity contribution in [1.29, 1.82) is 0 Å². The monoisotopic (exact) mass is 408 g/mol. The number of amides is 2. The van der Waals surface area contributed by atoms with Crippen LogP contribution >= 0.6 is 0 Å². The molecule has 6 nitrogen and oxygen atoms in total. The maximum absolute atomic E-state index is 13.9. The number of carbonyl (C=O) groups excluding carboxylic acids is 2. The average molecular weight is 408 g/mol. The van der Waals surface area contributed by atoms with Crippen LogP contribution in [-0.2, 0) is 16.0 Å².